The second-order valence-electron chi connectivity index (χ2n) is 6.10. The van der Waals surface area contributed by atoms with Crippen molar-refractivity contribution in [3.05, 3.63) is 40.2 Å². The zero-order chi connectivity index (χ0) is 17.6. The summed E-state index contributed by atoms with van der Waals surface area (Å²) in [6, 6.07) is 2.90. The van der Waals surface area contributed by atoms with E-state index < -0.39 is 6.04 Å². The van der Waals surface area contributed by atoms with E-state index in [9.17, 15) is 9.59 Å². The van der Waals surface area contributed by atoms with Gasteiger partial charge in [0, 0.05) is 30.6 Å². The molecule has 0 radical (unpaired) electrons. The molecule has 3 heterocycles. The highest BCUT2D eigenvalue weighted by Gasteiger charge is 2.33. The lowest BCUT2D eigenvalue weighted by Gasteiger charge is -2.34. The predicted molar refractivity (Wildman–Crippen MR) is 95.6 cm³/mol. The van der Waals surface area contributed by atoms with E-state index in [2.05, 4.69) is 17.2 Å². The Labute approximate surface area is 151 Å². The maximum atomic E-state index is 12.6. The van der Waals surface area contributed by atoms with Crippen molar-refractivity contribution in [1.29, 1.82) is 0 Å². The van der Waals surface area contributed by atoms with Gasteiger partial charge in [0.25, 0.3) is 5.91 Å². The van der Waals surface area contributed by atoms with Gasteiger partial charge in [-0.3, -0.25) is 9.59 Å². The minimum absolute atomic E-state index is 0.0909. The number of amides is 2. The first kappa shape index (κ1) is 17.7. The third-order valence-corrected chi connectivity index (χ3v) is 5.59. The highest BCUT2D eigenvalue weighted by atomic mass is 32.1. The summed E-state index contributed by atoms with van der Waals surface area (Å²) in [5.41, 5.74) is 0. The van der Waals surface area contributed by atoms with Crippen molar-refractivity contribution in [2.24, 2.45) is 0 Å². The minimum Gasteiger partial charge on any atom is -0.459 e. The Morgan fingerprint density at radius 2 is 2.32 bits per heavy atom. The van der Waals surface area contributed by atoms with Gasteiger partial charge in [-0.25, -0.2) is 4.98 Å². The van der Waals surface area contributed by atoms with Crippen LogP contribution in [0.4, 0.5) is 0 Å². The maximum Gasteiger partial charge on any atom is 0.290 e. The van der Waals surface area contributed by atoms with Crippen molar-refractivity contribution in [3.63, 3.8) is 0 Å². The maximum absolute atomic E-state index is 12.6. The van der Waals surface area contributed by atoms with Gasteiger partial charge in [-0.15, -0.1) is 11.3 Å². The van der Waals surface area contributed by atoms with Gasteiger partial charge in [-0.1, -0.05) is 6.92 Å². The van der Waals surface area contributed by atoms with Crippen LogP contribution >= 0.6 is 11.3 Å². The molecule has 2 aromatic rings. The molecule has 1 saturated heterocycles. The zero-order valence-electron chi connectivity index (χ0n) is 14.4. The van der Waals surface area contributed by atoms with E-state index in [-0.39, 0.29) is 17.6 Å². The van der Waals surface area contributed by atoms with Crippen LogP contribution < -0.4 is 5.32 Å². The Kier molecular flexibility index (Phi) is 5.86. The Bertz CT molecular complexity index is 711. The molecule has 0 aliphatic carbocycles. The average molecular weight is 361 g/mol. The summed E-state index contributed by atoms with van der Waals surface area (Å²) in [7, 11) is 0. The summed E-state index contributed by atoms with van der Waals surface area (Å²) in [5.74, 6) is -0.0150. The summed E-state index contributed by atoms with van der Waals surface area (Å²) in [4.78, 5) is 32.4. The van der Waals surface area contributed by atoms with Crippen molar-refractivity contribution in [1.82, 2.24) is 15.2 Å². The second kappa shape index (κ2) is 8.29. The summed E-state index contributed by atoms with van der Waals surface area (Å²) < 4.78 is 5.20. The lowest BCUT2D eigenvalue weighted by molar-refractivity contribution is -0.126. The molecule has 6 nitrogen and oxygen atoms in total. The molecule has 7 heteroatoms. The first-order valence-corrected chi connectivity index (χ1v) is 9.56. The average Bonchev–Trinajstić information content (AvgIpc) is 3.33. The van der Waals surface area contributed by atoms with Gasteiger partial charge in [0.15, 0.2) is 5.76 Å². The number of nitrogens with zero attached hydrogens (tertiary/aromatic N) is 2. The van der Waals surface area contributed by atoms with Crippen LogP contribution in [0.5, 0.6) is 0 Å². The third kappa shape index (κ3) is 4.28. The molecule has 25 heavy (non-hydrogen) atoms. The zero-order valence-corrected chi connectivity index (χ0v) is 15.2. The molecule has 1 aliphatic rings. The quantitative estimate of drug-likeness (QED) is 0.858. The van der Waals surface area contributed by atoms with Gasteiger partial charge >= 0.3 is 0 Å². The third-order valence-electron chi connectivity index (χ3n) is 4.39. The van der Waals surface area contributed by atoms with Crippen molar-refractivity contribution < 1.29 is 14.0 Å². The van der Waals surface area contributed by atoms with E-state index in [0.29, 0.717) is 19.5 Å². The first-order valence-electron chi connectivity index (χ1n) is 8.74. The predicted octanol–water partition coefficient (Wildman–Crippen LogP) is 2.65. The fourth-order valence-electron chi connectivity index (χ4n) is 3.03. The highest BCUT2D eigenvalue weighted by molar-refractivity contribution is 7.11. The number of aryl methyl sites for hydroxylation is 1. The van der Waals surface area contributed by atoms with Crippen LogP contribution in [0.3, 0.4) is 0 Å². The topological polar surface area (TPSA) is 75.4 Å². The van der Waals surface area contributed by atoms with Gasteiger partial charge < -0.3 is 14.6 Å². The van der Waals surface area contributed by atoms with Gasteiger partial charge in [0.2, 0.25) is 5.91 Å². The van der Waals surface area contributed by atoms with Crippen molar-refractivity contribution in [2.75, 3.05) is 13.1 Å². The fourth-order valence-corrected chi connectivity index (χ4v) is 3.89. The molecule has 0 saturated carbocycles. The number of piperidine rings is 1. The summed E-state index contributed by atoms with van der Waals surface area (Å²) >= 11 is 1.68. The molecular weight excluding hydrogens is 338 g/mol. The van der Waals surface area contributed by atoms with Gasteiger partial charge in [0.1, 0.15) is 6.04 Å². The van der Waals surface area contributed by atoms with E-state index in [4.69, 9.17) is 4.42 Å². The molecule has 2 amide bonds. The van der Waals surface area contributed by atoms with Crippen LogP contribution in [-0.4, -0.2) is 40.8 Å². The molecule has 134 valence electrons. The van der Waals surface area contributed by atoms with E-state index in [1.54, 1.807) is 28.4 Å². The van der Waals surface area contributed by atoms with Crippen molar-refractivity contribution in [3.8, 4) is 0 Å². The number of hydrogen-bond donors (Lipinski definition) is 1. The van der Waals surface area contributed by atoms with Crippen LogP contribution in [-0.2, 0) is 17.6 Å². The number of carbonyl (C=O) groups is 2. The number of rotatable bonds is 6. The summed E-state index contributed by atoms with van der Waals surface area (Å²) in [6.07, 6.45) is 7.62. The molecule has 2 aromatic heterocycles. The number of aromatic nitrogens is 1. The van der Waals surface area contributed by atoms with Gasteiger partial charge in [-0.05, 0) is 37.8 Å². The van der Waals surface area contributed by atoms with E-state index in [1.165, 1.54) is 11.1 Å². The Morgan fingerprint density at radius 3 is 3.04 bits per heavy atom. The number of furan rings is 1. The Balaban J connectivity index is 1.56. The monoisotopic (exact) mass is 361 g/mol. The van der Waals surface area contributed by atoms with Crippen LogP contribution in [0, 0.1) is 0 Å². The standard InChI is InChI=1S/C18H23N3O3S/c1-2-13-12-20-16(25-13)8-9-19-17(22)14-6-3-4-10-21(14)18(23)15-7-5-11-24-15/h5,7,11-12,14H,2-4,6,8-10H2,1H3,(H,19,22). The van der Waals surface area contributed by atoms with Crippen LogP contribution in [0.25, 0.3) is 0 Å². The molecular formula is C18H23N3O3S. The smallest absolute Gasteiger partial charge is 0.290 e. The van der Waals surface area contributed by atoms with Crippen molar-refractivity contribution >= 4 is 23.2 Å². The normalized spacial score (nSPS) is 17.5. The fraction of sp³-hybridized carbons (Fsp3) is 0.500. The molecule has 1 aliphatic heterocycles. The Hall–Kier alpha value is -2.15. The van der Waals surface area contributed by atoms with Crippen LogP contribution in [0.1, 0.15) is 46.6 Å². The molecule has 0 aromatic carbocycles. The number of nitrogens with one attached hydrogen (secondary N) is 1. The molecule has 0 bridgehead atoms. The molecule has 1 fully saturated rings. The number of likely N-dealkylation sites (tertiary alicyclic amines) is 1. The van der Waals surface area contributed by atoms with Gasteiger partial charge in [0.05, 0.1) is 11.3 Å². The first-order chi connectivity index (χ1) is 12.2. The lowest BCUT2D eigenvalue weighted by atomic mass is 10.0. The van der Waals surface area contributed by atoms with Gasteiger partial charge in [-0.2, -0.15) is 0 Å². The molecule has 1 unspecified atom stereocenters. The largest absolute Gasteiger partial charge is 0.459 e. The Morgan fingerprint density at radius 1 is 1.44 bits per heavy atom. The second-order valence-corrected chi connectivity index (χ2v) is 7.30. The minimum atomic E-state index is -0.422. The van der Waals surface area contributed by atoms with E-state index in [1.807, 2.05) is 6.20 Å². The van der Waals surface area contributed by atoms with Crippen LogP contribution in [0.2, 0.25) is 0 Å². The summed E-state index contributed by atoms with van der Waals surface area (Å²) in [6.45, 7) is 3.23. The molecule has 1 atom stereocenters. The SMILES string of the molecule is CCc1cnc(CCNC(=O)C2CCCCN2C(=O)c2ccco2)s1. The molecule has 1 N–H and O–H groups in total. The van der Waals surface area contributed by atoms with Crippen molar-refractivity contribution in [2.45, 2.75) is 45.1 Å². The number of carbonyl (C=O) groups excluding carboxylic acids is 2. The molecule has 3 rings (SSSR count). The summed E-state index contributed by atoms with van der Waals surface area (Å²) in [5, 5.41) is 3.99. The molecule has 0 spiro atoms. The number of thiazole rings is 1. The highest BCUT2D eigenvalue weighted by Crippen LogP contribution is 2.20. The van der Waals surface area contributed by atoms with E-state index >= 15 is 0 Å². The lowest BCUT2D eigenvalue weighted by Crippen LogP contribution is -2.52. The van der Waals surface area contributed by atoms with E-state index in [0.717, 1.165) is 30.7 Å². The van der Waals surface area contributed by atoms with Crippen LogP contribution in [0.15, 0.2) is 29.0 Å². The number of hydrogen-bond acceptors (Lipinski definition) is 5.